The van der Waals surface area contributed by atoms with E-state index in [4.69, 9.17) is 14.9 Å². The van der Waals surface area contributed by atoms with Gasteiger partial charge in [-0.3, -0.25) is 9.98 Å². The fourth-order valence-corrected chi connectivity index (χ4v) is 2.98. The molecule has 1 heterocycles. The summed E-state index contributed by atoms with van der Waals surface area (Å²) in [5.74, 6) is 2.35. The van der Waals surface area contributed by atoms with Gasteiger partial charge in [0.05, 0.1) is 20.8 Å². The molecule has 3 rings (SSSR count). The van der Waals surface area contributed by atoms with E-state index in [1.54, 1.807) is 14.2 Å². The summed E-state index contributed by atoms with van der Waals surface area (Å²) in [5.41, 5.74) is 2.21. The molecule has 2 aromatic carbocycles. The number of nitrogens with one attached hydrogen (secondary N) is 2. The minimum absolute atomic E-state index is 0.410. The number of hydrogen-bond donors (Lipinski definition) is 2. The van der Waals surface area contributed by atoms with Gasteiger partial charge in [0.15, 0.2) is 0 Å². The largest absolute Gasteiger partial charge is 0.497 e. The zero-order chi connectivity index (χ0) is 17.6. The Balaban J connectivity index is 1.70. The van der Waals surface area contributed by atoms with Gasteiger partial charge in [-0.1, -0.05) is 24.3 Å². The van der Waals surface area contributed by atoms with Crippen molar-refractivity contribution < 1.29 is 9.47 Å². The summed E-state index contributed by atoms with van der Waals surface area (Å²) in [7, 11) is 3.30. The molecule has 0 saturated heterocycles. The smallest absolute Gasteiger partial charge is 0.216 e. The Morgan fingerprint density at radius 2 is 1.52 bits per heavy atom. The zero-order valence-corrected chi connectivity index (χ0v) is 15.0. The predicted octanol–water partition coefficient (Wildman–Crippen LogP) is 3.10. The molecule has 7 heteroatoms. The molecule has 0 aliphatic heterocycles. The second kappa shape index (κ2) is 7.85. The molecular formula is C18H20N4O2S. The lowest BCUT2D eigenvalue weighted by Crippen LogP contribution is -2.17. The second-order valence-electron chi connectivity index (χ2n) is 5.45. The molecule has 0 atom stereocenters. The Morgan fingerprint density at radius 3 is 2.08 bits per heavy atom. The molecule has 6 nitrogen and oxygen atoms in total. The van der Waals surface area contributed by atoms with Crippen LogP contribution >= 0.6 is 11.5 Å². The Bertz CT molecular complexity index is 869. The third-order valence-corrected chi connectivity index (χ3v) is 4.49. The van der Waals surface area contributed by atoms with Gasteiger partial charge in [-0.25, -0.2) is 0 Å². The van der Waals surface area contributed by atoms with E-state index in [2.05, 4.69) is 9.69 Å². The van der Waals surface area contributed by atoms with Crippen molar-refractivity contribution in [3.05, 3.63) is 64.5 Å². The molecule has 0 aliphatic carbocycles. The number of hydrogen-bond acceptors (Lipinski definition) is 6. The highest BCUT2D eigenvalue weighted by molar-refractivity contribution is 7.02. The van der Waals surface area contributed by atoms with Crippen LogP contribution in [-0.2, 0) is 13.1 Å². The van der Waals surface area contributed by atoms with Crippen LogP contribution in [0, 0.1) is 5.41 Å². The molecule has 0 spiro atoms. The van der Waals surface area contributed by atoms with Crippen molar-refractivity contribution in [1.29, 1.82) is 5.41 Å². The van der Waals surface area contributed by atoms with Crippen LogP contribution in [0.5, 0.6) is 11.5 Å². The average molecular weight is 356 g/mol. The molecule has 0 unspecified atom stereocenters. The number of ether oxygens (including phenoxy) is 2. The van der Waals surface area contributed by atoms with Gasteiger partial charge in [-0.15, -0.1) is 0 Å². The van der Waals surface area contributed by atoms with Gasteiger partial charge in [0.25, 0.3) is 0 Å². The van der Waals surface area contributed by atoms with Crippen molar-refractivity contribution in [2.75, 3.05) is 19.5 Å². The highest BCUT2D eigenvalue weighted by Crippen LogP contribution is 2.15. The molecule has 0 saturated carbocycles. The monoisotopic (exact) mass is 356 g/mol. The Hall–Kier alpha value is -2.80. The van der Waals surface area contributed by atoms with Crippen molar-refractivity contribution in [3.63, 3.8) is 0 Å². The standard InChI is InChI=1S/C18H20N4O2S/c1-23-15-7-3-13(4-8-15)11-20-18-21-25-17(19)22(18)12-14-5-9-16(24-2)10-6-14/h3-10,19H,11-12H2,1-2H3,(H,20,21). The number of rotatable bonds is 7. The van der Waals surface area contributed by atoms with Gasteiger partial charge in [0.2, 0.25) is 10.7 Å². The van der Waals surface area contributed by atoms with Gasteiger partial charge < -0.3 is 14.8 Å². The number of anilines is 1. The van der Waals surface area contributed by atoms with Crippen molar-refractivity contribution in [1.82, 2.24) is 8.94 Å². The van der Waals surface area contributed by atoms with Crippen LogP contribution in [0.2, 0.25) is 0 Å². The fraction of sp³-hybridized carbons (Fsp3) is 0.222. The maximum absolute atomic E-state index is 8.09. The van der Waals surface area contributed by atoms with Crippen molar-refractivity contribution in [2.45, 2.75) is 13.1 Å². The summed E-state index contributed by atoms with van der Waals surface area (Å²) >= 11 is 1.17. The topological polar surface area (TPSA) is 72.2 Å². The van der Waals surface area contributed by atoms with Gasteiger partial charge in [0, 0.05) is 18.1 Å². The van der Waals surface area contributed by atoms with E-state index in [1.165, 1.54) is 11.5 Å². The molecule has 0 fully saturated rings. The Morgan fingerprint density at radius 1 is 0.960 bits per heavy atom. The van der Waals surface area contributed by atoms with Crippen LogP contribution in [0.15, 0.2) is 48.5 Å². The summed E-state index contributed by atoms with van der Waals surface area (Å²) in [4.78, 5) is 0.410. The minimum Gasteiger partial charge on any atom is -0.497 e. The van der Waals surface area contributed by atoms with E-state index >= 15 is 0 Å². The molecule has 25 heavy (non-hydrogen) atoms. The van der Waals surface area contributed by atoms with Crippen LogP contribution < -0.4 is 19.6 Å². The van der Waals surface area contributed by atoms with Gasteiger partial charge in [0.1, 0.15) is 11.5 Å². The summed E-state index contributed by atoms with van der Waals surface area (Å²) in [6.45, 7) is 1.22. The number of benzene rings is 2. The predicted molar refractivity (Wildman–Crippen MR) is 98.4 cm³/mol. The van der Waals surface area contributed by atoms with E-state index < -0.39 is 0 Å². The number of methoxy groups -OCH3 is 2. The lowest BCUT2D eigenvalue weighted by Gasteiger charge is -2.10. The van der Waals surface area contributed by atoms with Crippen LogP contribution in [0.25, 0.3) is 0 Å². The molecule has 2 N–H and O–H groups in total. The average Bonchev–Trinajstić information content (AvgIpc) is 3.01. The Labute approximate surface area is 150 Å². The Kier molecular flexibility index (Phi) is 5.35. The summed E-state index contributed by atoms with van der Waals surface area (Å²) in [5, 5.41) is 11.4. The number of nitrogens with zero attached hydrogens (tertiary/aromatic N) is 2. The summed E-state index contributed by atoms with van der Waals surface area (Å²) in [6, 6.07) is 15.7. The third kappa shape index (κ3) is 4.19. The SMILES string of the molecule is COc1ccc(CNc2nsc(=N)n2Cc2ccc(OC)cc2)cc1. The lowest BCUT2D eigenvalue weighted by atomic mass is 10.2. The van der Waals surface area contributed by atoms with E-state index in [0.29, 0.717) is 23.8 Å². The molecular weight excluding hydrogens is 336 g/mol. The molecule has 0 radical (unpaired) electrons. The van der Waals surface area contributed by atoms with E-state index in [0.717, 1.165) is 22.6 Å². The van der Waals surface area contributed by atoms with Crippen LogP contribution in [0.4, 0.5) is 5.95 Å². The fourth-order valence-electron chi connectivity index (χ4n) is 2.39. The van der Waals surface area contributed by atoms with Crippen LogP contribution in [0.1, 0.15) is 11.1 Å². The minimum atomic E-state index is 0.410. The molecule has 1 aromatic heterocycles. The number of aromatic nitrogens is 2. The van der Waals surface area contributed by atoms with Crippen LogP contribution in [0.3, 0.4) is 0 Å². The van der Waals surface area contributed by atoms with E-state index in [9.17, 15) is 0 Å². The summed E-state index contributed by atoms with van der Waals surface area (Å²) < 4.78 is 16.6. The van der Waals surface area contributed by atoms with Gasteiger partial charge >= 0.3 is 0 Å². The first kappa shape index (κ1) is 17.0. The van der Waals surface area contributed by atoms with Gasteiger partial charge in [-0.05, 0) is 35.4 Å². The van der Waals surface area contributed by atoms with Crippen molar-refractivity contribution in [3.8, 4) is 11.5 Å². The zero-order valence-electron chi connectivity index (χ0n) is 14.2. The molecule has 3 aromatic rings. The molecule has 0 aliphatic rings. The first-order valence-electron chi connectivity index (χ1n) is 7.80. The van der Waals surface area contributed by atoms with Crippen molar-refractivity contribution in [2.24, 2.45) is 0 Å². The highest BCUT2D eigenvalue weighted by Gasteiger charge is 2.07. The second-order valence-corrected chi connectivity index (χ2v) is 6.20. The first-order chi connectivity index (χ1) is 12.2. The van der Waals surface area contributed by atoms with Gasteiger partial charge in [-0.2, -0.15) is 4.37 Å². The maximum atomic E-state index is 8.09. The first-order valence-corrected chi connectivity index (χ1v) is 8.58. The quantitative estimate of drug-likeness (QED) is 0.682. The highest BCUT2D eigenvalue weighted by atomic mass is 32.1. The lowest BCUT2D eigenvalue weighted by molar-refractivity contribution is 0.414. The van der Waals surface area contributed by atoms with E-state index in [-0.39, 0.29) is 0 Å². The molecule has 0 bridgehead atoms. The normalized spacial score (nSPS) is 10.5. The molecule has 0 amide bonds. The maximum Gasteiger partial charge on any atom is 0.216 e. The third-order valence-electron chi connectivity index (χ3n) is 3.83. The van der Waals surface area contributed by atoms with Crippen molar-refractivity contribution >= 4 is 17.5 Å². The van der Waals surface area contributed by atoms with E-state index in [1.807, 2.05) is 53.1 Å². The van der Waals surface area contributed by atoms with Crippen LogP contribution in [-0.4, -0.2) is 23.2 Å². The molecule has 130 valence electrons. The summed E-state index contributed by atoms with van der Waals surface area (Å²) in [6.07, 6.45) is 0.